The predicted molar refractivity (Wildman–Crippen MR) is 65.3 cm³/mol. The topological polar surface area (TPSA) is 49.3 Å². The molecule has 6 heteroatoms. The zero-order valence-electron chi connectivity index (χ0n) is 8.41. The number of rotatable bonds is 2. The second-order valence-electron chi connectivity index (χ2n) is 3.22. The van der Waals surface area contributed by atoms with Crippen LogP contribution in [0, 0.1) is 5.82 Å². The van der Waals surface area contributed by atoms with Crippen molar-refractivity contribution < 1.29 is 14.3 Å². The third kappa shape index (κ3) is 2.75. The monoisotopic (exact) mass is 271 g/mol. The molecular formula is C11H7ClFNO2S. The number of phenolic OH excluding ortho intramolecular Hbond substituents is 1. The molecule has 1 amide bonds. The minimum atomic E-state index is -0.785. The van der Waals surface area contributed by atoms with Crippen LogP contribution in [0.15, 0.2) is 30.3 Å². The van der Waals surface area contributed by atoms with Gasteiger partial charge in [0.2, 0.25) is 0 Å². The van der Waals surface area contributed by atoms with E-state index in [4.69, 9.17) is 16.7 Å². The zero-order valence-corrected chi connectivity index (χ0v) is 9.98. The molecule has 0 aliphatic heterocycles. The van der Waals surface area contributed by atoms with E-state index < -0.39 is 11.6 Å². The first-order valence-electron chi connectivity index (χ1n) is 4.61. The number of thiophene rings is 1. The molecule has 0 aliphatic rings. The number of nitrogens with one attached hydrogen (secondary N) is 1. The summed E-state index contributed by atoms with van der Waals surface area (Å²) in [5.74, 6) is -1.61. The number of benzene rings is 1. The minimum absolute atomic E-state index is 0.273. The number of halogens is 2. The Kier molecular flexibility index (Phi) is 3.31. The van der Waals surface area contributed by atoms with E-state index in [0.717, 1.165) is 17.4 Å². The van der Waals surface area contributed by atoms with E-state index in [9.17, 15) is 9.18 Å². The minimum Gasteiger partial charge on any atom is -0.505 e. The van der Waals surface area contributed by atoms with Crippen LogP contribution in [0.1, 0.15) is 9.67 Å². The third-order valence-electron chi connectivity index (χ3n) is 2.00. The SMILES string of the molecule is O=C(Nc1ccc(O)c(F)c1)c1ccc(Cl)s1. The Morgan fingerprint density at radius 2 is 2.12 bits per heavy atom. The van der Waals surface area contributed by atoms with Crippen molar-refractivity contribution in [3.63, 3.8) is 0 Å². The fraction of sp³-hybridized carbons (Fsp3) is 0. The quantitative estimate of drug-likeness (QED) is 0.822. The van der Waals surface area contributed by atoms with Gasteiger partial charge in [-0.05, 0) is 24.3 Å². The van der Waals surface area contributed by atoms with E-state index >= 15 is 0 Å². The number of phenols is 1. The number of aromatic hydroxyl groups is 1. The van der Waals surface area contributed by atoms with Crippen molar-refractivity contribution in [3.05, 3.63) is 45.4 Å². The molecule has 0 fully saturated rings. The Morgan fingerprint density at radius 3 is 2.71 bits per heavy atom. The number of anilines is 1. The first-order chi connectivity index (χ1) is 8.06. The molecule has 2 rings (SSSR count). The number of carbonyl (C=O) groups is 1. The molecule has 0 saturated heterocycles. The molecule has 2 aromatic rings. The molecule has 1 aromatic carbocycles. The normalized spacial score (nSPS) is 10.2. The molecule has 0 unspecified atom stereocenters. The standard InChI is InChI=1S/C11H7ClFNO2S/c12-10-4-3-9(17-10)11(16)14-6-1-2-8(15)7(13)5-6/h1-5,15H,(H,14,16). The molecule has 0 radical (unpaired) electrons. The van der Waals surface area contributed by atoms with Gasteiger partial charge in [-0.15, -0.1) is 11.3 Å². The van der Waals surface area contributed by atoms with E-state index in [0.29, 0.717) is 9.21 Å². The maximum absolute atomic E-state index is 13.0. The van der Waals surface area contributed by atoms with Gasteiger partial charge in [0.25, 0.3) is 5.91 Å². The molecule has 88 valence electrons. The predicted octanol–water partition coefficient (Wildman–Crippen LogP) is 3.50. The van der Waals surface area contributed by atoms with Gasteiger partial charge in [-0.2, -0.15) is 0 Å². The number of amides is 1. The zero-order chi connectivity index (χ0) is 12.4. The first-order valence-corrected chi connectivity index (χ1v) is 5.81. The molecule has 0 saturated carbocycles. The Bertz CT molecular complexity index is 570. The van der Waals surface area contributed by atoms with Crippen LogP contribution in [0.25, 0.3) is 0 Å². The fourth-order valence-corrected chi connectivity index (χ4v) is 2.15. The van der Waals surface area contributed by atoms with E-state index in [1.165, 1.54) is 12.1 Å². The van der Waals surface area contributed by atoms with Gasteiger partial charge in [0.15, 0.2) is 11.6 Å². The molecular weight excluding hydrogens is 265 g/mol. The smallest absolute Gasteiger partial charge is 0.265 e. The Morgan fingerprint density at radius 1 is 1.35 bits per heavy atom. The van der Waals surface area contributed by atoms with Gasteiger partial charge in [-0.3, -0.25) is 4.79 Å². The molecule has 0 bridgehead atoms. The maximum Gasteiger partial charge on any atom is 0.265 e. The maximum atomic E-state index is 13.0. The lowest BCUT2D eigenvalue weighted by molar-refractivity contribution is 0.103. The van der Waals surface area contributed by atoms with Crippen LogP contribution in [0.4, 0.5) is 10.1 Å². The van der Waals surface area contributed by atoms with Gasteiger partial charge < -0.3 is 10.4 Å². The Labute approximate surface area is 105 Å². The lowest BCUT2D eigenvalue weighted by Crippen LogP contribution is -2.10. The average Bonchev–Trinajstić information content (AvgIpc) is 2.70. The molecule has 0 atom stereocenters. The van der Waals surface area contributed by atoms with Gasteiger partial charge in [-0.1, -0.05) is 11.6 Å². The summed E-state index contributed by atoms with van der Waals surface area (Å²) < 4.78 is 13.5. The number of hydrogen-bond donors (Lipinski definition) is 2. The average molecular weight is 272 g/mol. The van der Waals surface area contributed by atoms with Gasteiger partial charge in [-0.25, -0.2) is 4.39 Å². The Balaban J connectivity index is 2.15. The summed E-state index contributed by atoms with van der Waals surface area (Å²) in [6.45, 7) is 0. The van der Waals surface area contributed by atoms with Crippen molar-refractivity contribution in [1.29, 1.82) is 0 Å². The van der Waals surface area contributed by atoms with E-state index in [1.807, 2.05) is 0 Å². The van der Waals surface area contributed by atoms with Gasteiger partial charge in [0, 0.05) is 11.8 Å². The van der Waals surface area contributed by atoms with Crippen LogP contribution in [-0.4, -0.2) is 11.0 Å². The summed E-state index contributed by atoms with van der Waals surface area (Å²) >= 11 is 6.83. The van der Waals surface area contributed by atoms with Gasteiger partial charge in [0.1, 0.15) is 0 Å². The summed E-state index contributed by atoms with van der Waals surface area (Å²) in [5.41, 5.74) is 0.273. The van der Waals surface area contributed by atoms with Crippen LogP contribution < -0.4 is 5.32 Å². The van der Waals surface area contributed by atoms with Crippen molar-refractivity contribution in [1.82, 2.24) is 0 Å². The highest BCUT2D eigenvalue weighted by Gasteiger charge is 2.10. The molecule has 1 heterocycles. The van der Waals surface area contributed by atoms with E-state index in [-0.39, 0.29) is 11.6 Å². The van der Waals surface area contributed by atoms with Crippen molar-refractivity contribution in [2.75, 3.05) is 5.32 Å². The largest absolute Gasteiger partial charge is 0.505 e. The highest BCUT2D eigenvalue weighted by atomic mass is 35.5. The van der Waals surface area contributed by atoms with Gasteiger partial charge >= 0.3 is 0 Å². The first kappa shape index (κ1) is 11.9. The highest BCUT2D eigenvalue weighted by molar-refractivity contribution is 7.18. The summed E-state index contributed by atoms with van der Waals surface area (Å²) in [6, 6.07) is 6.82. The summed E-state index contributed by atoms with van der Waals surface area (Å²) in [4.78, 5) is 12.1. The second kappa shape index (κ2) is 4.73. The second-order valence-corrected chi connectivity index (χ2v) is 4.94. The third-order valence-corrected chi connectivity index (χ3v) is 3.23. The number of carbonyl (C=O) groups excluding carboxylic acids is 1. The molecule has 17 heavy (non-hydrogen) atoms. The molecule has 2 N–H and O–H groups in total. The molecule has 0 aliphatic carbocycles. The van der Waals surface area contributed by atoms with E-state index in [2.05, 4.69) is 5.32 Å². The van der Waals surface area contributed by atoms with Crippen LogP contribution in [0.5, 0.6) is 5.75 Å². The van der Waals surface area contributed by atoms with Crippen LogP contribution in [0.3, 0.4) is 0 Å². The molecule has 0 spiro atoms. The van der Waals surface area contributed by atoms with Crippen LogP contribution >= 0.6 is 22.9 Å². The van der Waals surface area contributed by atoms with Crippen molar-refractivity contribution in [3.8, 4) is 5.75 Å². The fourth-order valence-electron chi connectivity index (χ4n) is 1.21. The van der Waals surface area contributed by atoms with Crippen molar-refractivity contribution >= 4 is 34.5 Å². The molecule has 1 aromatic heterocycles. The lowest BCUT2D eigenvalue weighted by Gasteiger charge is -2.04. The highest BCUT2D eigenvalue weighted by Crippen LogP contribution is 2.24. The van der Waals surface area contributed by atoms with Crippen LogP contribution in [0.2, 0.25) is 4.34 Å². The van der Waals surface area contributed by atoms with E-state index in [1.54, 1.807) is 12.1 Å². The van der Waals surface area contributed by atoms with Gasteiger partial charge in [0.05, 0.1) is 9.21 Å². The summed E-state index contributed by atoms with van der Waals surface area (Å²) in [6.07, 6.45) is 0. The summed E-state index contributed by atoms with van der Waals surface area (Å²) in [7, 11) is 0. The Hall–Kier alpha value is -1.59. The molecule has 3 nitrogen and oxygen atoms in total. The summed E-state index contributed by atoms with van der Waals surface area (Å²) in [5, 5.41) is 11.5. The van der Waals surface area contributed by atoms with Crippen molar-refractivity contribution in [2.45, 2.75) is 0 Å². The van der Waals surface area contributed by atoms with Crippen molar-refractivity contribution in [2.24, 2.45) is 0 Å². The van der Waals surface area contributed by atoms with Crippen LogP contribution in [-0.2, 0) is 0 Å². The number of hydrogen-bond acceptors (Lipinski definition) is 3. The lowest BCUT2D eigenvalue weighted by atomic mass is 10.3.